The minimum absolute atomic E-state index is 0.0408. The first-order valence-corrected chi connectivity index (χ1v) is 10.7. The second kappa shape index (κ2) is 8.22. The van der Waals surface area contributed by atoms with Crippen LogP contribution in [-0.4, -0.2) is 44.3 Å². The molecule has 4 rings (SSSR count). The van der Waals surface area contributed by atoms with Gasteiger partial charge in [0.25, 0.3) is 0 Å². The molecule has 1 atom stereocenters. The second-order valence-corrected chi connectivity index (χ2v) is 8.92. The first kappa shape index (κ1) is 20.0. The van der Waals surface area contributed by atoms with Gasteiger partial charge in [-0.05, 0) is 39.8 Å². The number of nitrogens with zero attached hydrogens (tertiary/aromatic N) is 5. The van der Waals surface area contributed by atoms with Gasteiger partial charge in [0.05, 0.1) is 23.7 Å². The molecular weight excluding hydrogens is 384 g/mol. The molecule has 0 unspecified atom stereocenters. The van der Waals surface area contributed by atoms with E-state index in [2.05, 4.69) is 52.5 Å². The molecule has 154 valence electrons. The number of pyridine rings is 1. The molecule has 0 spiro atoms. The van der Waals surface area contributed by atoms with E-state index in [1.54, 1.807) is 11.3 Å². The molecule has 0 aromatic carbocycles. The topological polar surface area (TPSA) is 68.1 Å². The summed E-state index contributed by atoms with van der Waals surface area (Å²) >= 11 is 1.67. The van der Waals surface area contributed by atoms with Crippen molar-refractivity contribution in [2.45, 2.75) is 40.3 Å². The van der Waals surface area contributed by atoms with Crippen LogP contribution in [0.4, 0.5) is 10.8 Å². The van der Waals surface area contributed by atoms with Crippen molar-refractivity contribution >= 4 is 22.2 Å². The summed E-state index contributed by atoms with van der Waals surface area (Å²) in [6.45, 7) is 11.5. The van der Waals surface area contributed by atoms with E-state index in [1.165, 1.54) is 10.4 Å². The molecule has 0 saturated carbocycles. The van der Waals surface area contributed by atoms with E-state index in [0.717, 1.165) is 53.2 Å². The smallest absolute Gasteiger partial charge is 0.187 e. The zero-order valence-corrected chi connectivity index (χ0v) is 18.5. The summed E-state index contributed by atoms with van der Waals surface area (Å²) in [5, 5.41) is 8.80. The quantitative estimate of drug-likeness (QED) is 0.687. The molecule has 1 N–H and O–H groups in total. The van der Waals surface area contributed by atoms with Crippen molar-refractivity contribution in [1.82, 2.24) is 24.6 Å². The van der Waals surface area contributed by atoms with Crippen molar-refractivity contribution in [2.75, 3.05) is 25.0 Å². The van der Waals surface area contributed by atoms with E-state index in [1.807, 2.05) is 25.6 Å². The maximum Gasteiger partial charge on any atom is 0.187 e. The predicted octanol–water partition coefficient (Wildman–Crippen LogP) is 3.82. The fraction of sp³-hybridized carbons (Fsp3) is 0.476. The fourth-order valence-corrected chi connectivity index (χ4v) is 4.49. The number of ether oxygens (including phenoxy) is 1. The molecule has 1 aliphatic rings. The largest absolute Gasteiger partial charge is 0.369 e. The molecule has 3 aromatic rings. The summed E-state index contributed by atoms with van der Waals surface area (Å²) in [7, 11) is 1.97. The highest BCUT2D eigenvalue weighted by molar-refractivity contribution is 7.15. The van der Waals surface area contributed by atoms with Crippen molar-refractivity contribution < 1.29 is 4.74 Å². The third kappa shape index (κ3) is 4.66. The lowest BCUT2D eigenvalue weighted by atomic mass is 10.1. The van der Waals surface area contributed by atoms with Gasteiger partial charge in [-0.1, -0.05) is 0 Å². The maximum absolute atomic E-state index is 6.09. The summed E-state index contributed by atoms with van der Waals surface area (Å²) < 4.78 is 7.96. The number of hydrogen-bond donors (Lipinski definition) is 1. The van der Waals surface area contributed by atoms with E-state index in [4.69, 9.17) is 9.72 Å². The highest BCUT2D eigenvalue weighted by Gasteiger charge is 2.24. The van der Waals surface area contributed by atoms with Gasteiger partial charge < -0.3 is 10.1 Å². The minimum Gasteiger partial charge on any atom is -0.369 e. The molecule has 1 saturated heterocycles. The standard InChI is InChI=1S/C21H28N6OS/c1-13-8-18(24-21-23-14(2)16(4)29-21)9-19(22-13)20-12-27(6-7-28-20)11-17-10-26(5)25-15(17)3/h8-10,20H,6-7,11-12H2,1-5H3,(H,22,23,24)/t20-/m0/s1. The van der Waals surface area contributed by atoms with Gasteiger partial charge in [-0.25, -0.2) is 4.98 Å². The summed E-state index contributed by atoms with van der Waals surface area (Å²) in [6, 6.07) is 4.14. The molecule has 7 nitrogen and oxygen atoms in total. The van der Waals surface area contributed by atoms with Crippen molar-refractivity contribution in [2.24, 2.45) is 7.05 Å². The van der Waals surface area contributed by atoms with Gasteiger partial charge in [0.15, 0.2) is 5.13 Å². The van der Waals surface area contributed by atoms with Crippen LogP contribution in [0.1, 0.15) is 39.3 Å². The lowest BCUT2D eigenvalue weighted by Crippen LogP contribution is -2.38. The first-order chi connectivity index (χ1) is 13.9. The highest BCUT2D eigenvalue weighted by Crippen LogP contribution is 2.28. The van der Waals surface area contributed by atoms with Crippen LogP contribution in [-0.2, 0) is 18.3 Å². The van der Waals surface area contributed by atoms with E-state index in [9.17, 15) is 0 Å². The van der Waals surface area contributed by atoms with Crippen LogP contribution in [0.3, 0.4) is 0 Å². The Hall–Kier alpha value is -2.29. The summed E-state index contributed by atoms with van der Waals surface area (Å²) in [5.74, 6) is 0. The van der Waals surface area contributed by atoms with Crippen LogP contribution in [0, 0.1) is 27.7 Å². The third-order valence-corrected chi connectivity index (χ3v) is 6.23. The van der Waals surface area contributed by atoms with E-state index < -0.39 is 0 Å². The maximum atomic E-state index is 6.09. The molecular formula is C21H28N6OS. The van der Waals surface area contributed by atoms with Crippen molar-refractivity contribution in [3.63, 3.8) is 0 Å². The fourth-order valence-electron chi connectivity index (χ4n) is 3.65. The molecule has 0 bridgehead atoms. The highest BCUT2D eigenvalue weighted by atomic mass is 32.1. The lowest BCUT2D eigenvalue weighted by molar-refractivity contribution is -0.0350. The normalized spacial score (nSPS) is 17.6. The molecule has 29 heavy (non-hydrogen) atoms. The number of aromatic nitrogens is 4. The Balaban J connectivity index is 1.49. The van der Waals surface area contributed by atoms with Crippen LogP contribution in [0.2, 0.25) is 0 Å². The number of nitrogens with one attached hydrogen (secondary N) is 1. The second-order valence-electron chi connectivity index (χ2n) is 7.72. The van der Waals surface area contributed by atoms with Gasteiger partial charge >= 0.3 is 0 Å². The van der Waals surface area contributed by atoms with Gasteiger partial charge in [0.2, 0.25) is 0 Å². The summed E-state index contributed by atoms with van der Waals surface area (Å²) in [6.07, 6.45) is 2.06. The molecule has 1 fully saturated rings. The first-order valence-electron chi connectivity index (χ1n) is 9.90. The van der Waals surface area contributed by atoms with Gasteiger partial charge in [0.1, 0.15) is 6.10 Å². The summed E-state index contributed by atoms with van der Waals surface area (Å²) in [5.41, 5.74) is 6.36. The van der Waals surface area contributed by atoms with Gasteiger partial charge in [-0.2, -0.15) is 5.10 Å². The number of thiazole rings is 1. The van der Waals surface area contributed by atoms with Gasteiger partial charge in [0, 0.05) is 54.7 Å². The predicted molar refractivity (Wildman–Crippen MR) is 116 cm³/mol. The molecule has 3 aromatic heterocycles. The zero-order valence-electron chi connectivity index (χ0n) is 17.7. The van der Waals surface area contributed by atoms with Crippen molar-refractivity contribution in [3.05, 3.63) is 51.5 Å². The number of anilines is 2. The Kier molecular flexibility index (Phi) is 5.67. The van der Waals surface area contributed by atoms with Gasteiger partial charge in [-0.15, -0.1) is 11.3 Å². The molecule has 0 amide bonds. The summed E-state index contributed by atoms with van der Waals surface area (Å²) in [4.78, 5) is 13.0. The van der Waals surface area contributed by atoms with Crippen LogP contribution in [0.25, 0.3) is 0 Å². The number of hydrogen-bond acceptors (Lipinski definition) is 7. The van der Waals surface area contributed by atoms with Crippen LogP contribution < -0.4 is 5.32 Å². The Morgan fingerprint density at radius 2 is 2.00 bits per heavy atom. The van der Waals surface area contributed by atoms with E-state index >= 15 is 0 Å². The van der Waals surface area contributed by atoms with Crippen LogP contribution in [0.5, 0.6) is 0 Å². The van der Waals surface area contributed by atoms with E-state index in [-0.39, 0.29) is 6.10 Å². The SMILES string of the molecule is Cc1cc(Nc2nc(C)c(C)s2)cc([C@@H]2CN(Cc3cn(C)nc3C)CCO2)n1. The third-order valence-electron chi connectivity index (χ3n) is 5.24. The number of aryl methyl sites for hydroxylation is 5. The minimum atomic E-state index is -0.0408. The Bertz CT molecular complexity index is 991. The molecule has 0 radical (unpaired) electrons. The Morgan fingerprint density at radius 3 is 2.69 bits per heavy atom. The zero-order chi connectivity index (χ0) is 20.5. The molecule has 1 aliphatic heterocycles. The van der Waals surface area contributed by atoms with Crippen molar-refractivity contribution in [3.8, 4) is 0 Å². The Morgan fingerprint density at radius 1 is 1.17 bits per heavy atom. The monoisotopic (exact) mass is 412 g/mol. The molecule has 8 heteroatoms. The number of rotatable bonds is 5. The molecule has 0 aliphatic carbocycles. The van der Waals surface area contributed by atoms with Gasteiger partial charge in [-0.3, -0.25) is 14.6 Å². The Labute approximate surface area is 175 Å². The van der Waals surface area contributed by atoms with Crippen molar-refractivity contribution in [1.29, 1.82) is 0 Å². The number of morpholine rings is 1. The van der Waals surface area contributed by atoms with Crippen LogP contribution >= 0.6 is 11.3 Å². The van der Waals surface area contributed by atoms with Crippen LogP contribution in [0.15, 0.2) is 18.3 Å². The lowest BCUT2D eigenvalue weighted by Gasteiger charge is -2.32. The van der Waals surface area contributed by atoms with E-state index in [0.29, 0.717) is 6.61 Å². The molecule has 4 heterocycles. The average molecular weight is 413 g/mol. The average Bonchev–Trinajstić information content (AvgIpc) is 3.14.